The molecule has 0 radical (unpaired) electrons. The molecule has 0 aromatic carbocycles. The molecule has 2 aromatic rings. The van der Waals surface area contributed by atoms with Gasteiger partial charge in [0.15, 0.2) is 11.8 Å². The first-order valence-electron chi connectivity index (χ1n) is 11.6. The second-order valence-electron chi connectivity index (χ2n) is 8.78. The number of rotatable bonds is 6. The molecule has 1 unspecified atom stereocenters. The molecule has 2 aliphatic rings. The summed E-state index contributed by atoms with van der Waals surface area (Å²) < 4.78 is 7.80. The van der Waals surface area contributed by atoms with Crippen molar-refractivity contribution >= 4 is 5.96 Å². The summed E-state index contributed by atoms with van der Waals surface area (Å²) in [4.78, 5) is 16.0. The maximum absolute atomic E-state index is 5.74. The summed E-state index contributed by atoms with van der Waals surface area (Å²) >= 11 is 0. The van der Waals surface area contributed by atoms with Gasteiger partial charge in [-0.1, -0.05) is 6.92 Å². The van der Waals surface area contributed by atoms with Crippen molar-refractivity contribution in [3.8, 4) is 0 Å². The molecule has 1 fully saturated rings. The molecule has 0 bridgehead atoms. The number of piperidine rings is 1. The van der Waals surface area contributed by atoms with Gasteiger partial charge < -0.3 is 15.1 Å². The fourth-order valence-corrected chi connectivity index (χ4v) is 4.40. The van der Waals surface area contributed by atoms with Crippen molar-refractivity contribution in [2.24, 2.45) is 10.9 Å². The van der Waals surface area contributed by atoms with Crippen LogP contribution >= 0.6 is 0 Å². The Morgan fingerprint density at radius 2 is 2.00 bits per heavy atom. The topological polar surface area (TPSA) is 96.4 Å². The molecule has 9 heteroatoms. The molecule has 4 rings (SSSR count). The van der Waals surface area contributed by atoms with Gasteiger partial charge in [0.1, 0.15) is 11.6 Å². The van der Waals surface area contributed by atoms with Crippen molar-refractivity contribution in [3.05, 3.63) is 29.0 Å². The van der Waals surface area contributed by atoms with Crippen LogP contribution in [0.2, 0.25) is 0 Å². The summed E-state index contributed by atoms with van der Waals surface area (Å²) in [6.45, 7) is 10.8. The van der Waals surface area contributed by atoms with Crippen LogP contribution in [0.3, 0.4) is 0 Å². The predicted octanol–water partition coefficient (Wildman–Crippen LogP) is 1.84. The van der Waals surface area contributed by atoms with Crippen molar-refractivity contribution in [2.75, 3.05) is 26.7 Å². The van der Waals surface area contributed by atoms with Crippen molar-refractivity contribution in [1.29, 1.82) is 0 Å². The Morgan fingerprint density at radius 1 is 1.19 bits per heavy atom. The van der Waals surface area contributed by atoms with E-state index in [1.54, 1.807) is 0 Å². The zero-order chi connectivity index (χ0) is 21.8. The van der Waals surface area contributed by atoms with E-state index in [4.69, 9.17) is 4.42 Å². The lowest BCUT2D eigenvalue weighted by molar-refractivity contribution is 0.164. The molecular weight excluding hydrogens is 392 g/mol. The Labute approximate surface area is 184 Å². The van der Waals surface area contributed by atoms with Gasteiger partial charge >= 0.3 is 0 Å². The van der Waals surface area contributed by atoms with E-state index in [2.05, 4.69) is 47.2 Å². The van der Waals surface area contributed by atoms with E-state index in [9.17, 15) is 0 Å². The lowest BCUT2D eigenvalue weighted by atomic mass is 9.97. The SMILES string of the molecule is CCc1nc2n(n1)CC(NC(=NC)NCC1CCN(Cc3nc(C)c(C)o3)CC1)CC2. The largest absolute Gasteiger partial charge is 0.444 e. The van der Waals surface area contributed by atoms with Crippen LogP contribution in [-0.2, 0) is 25.9 Å². The number of hydrogen-bond acceptors (Lipinski definition) is 6. The number of aliphatic imine (C=N–C) groups is 1. The summed E-state index contributed by atoms with van der Waals surface area (Å²) in [5, 5.41) is 11.7. The third-order valence-electron chi connectivity index (χ3n) is 6.48. The zero-order valence-electron chi connectivity index (χ0n) is 19.3. The van der Waals surface area contributed by atoms with Crippen molar-refractivity contribution in [2.45, 2.75) is 72.0 Å². The third kappa shape index (κ3) is 5.44. The molecule has 31 heavy (non-hydrogen) atoms. The number of guanidine groups is 1. The highest BCUT2D eigenvalue weighted by molar-refractivity contribution is 5.79. The van der Waals surface area contributed by atoms with Gasteiger partial charge in [-0.15, -0.1) is 0 Å². The van der Waals surface area contributed by atoms with Gasteiger partial charge in [0.2, 0.25) is 5.89 Å². The van der Waals surface area contributed by atoms with Gasteiger partial charge in [-0.05, 0) is 52.1 Å². The highest BCUT2D eigenvalue weighted by atomic mass is 16.4. The molecule has 170 valence electrons. The summed E-state index contributed by atoms with van der Waals surface area (Å²) in [6.07, 6.45) is 5.25. The lowest BCUT2D eigenvalue weighted by Crippen LogP contribution is -2.48. The Balaban J connectivity index is 1.19. The minimum atomic E-state index is 0.333. The standard InChI is InChI=1S/C22H36N8O/c1-5-19-27-20-7-6-18(13-30(20)28-19)26-22(23-4)24-12-17-8-10-29(11-9-17)14-21-25-15(2)16(3)31-21/h17-18H,5-14H2,1-4H3,(H2,23,24,26). The van der Waals surface area contributed by atoms with E-state index in [1.807, 2.05) is 20.9 Å². The third-order valence-corrected chi connectivity index (χ3v) is 6.48. The monoisotopic (exact) mass is 428 g/mol. The minimum Gasteiger partial charge on any atom is -0.444 e. The number of fused-ring (bicyclic) bond motifs is 1. The van der Waals surface area contributed by atoms with Crippen LogP contribution in [0.15, 0.2) is 9.41 Å². The Kier molecular flexibility index (Phi) is 6.89. The van der Waals surface area contributed by atoms with Crippen LogP contribution in [0.1, 0.15) is 55.2 Å². The van der Waals surface area contributed by atoms with Crippen LogP contribution in [0.5, 0.6) is 0 Å². The van der Waals surface area contributed by atoms with Crippen molar-refractivity contribution in [1.82, 2.24) is 35.3 Å². The Bertz CT molecular complexity index is 874. The fourth-order valence-electron chi connectivity index (χ4n) is 4.40. The number of hydrogen-bond donors (Lipinski definition) is 2. The maximum Gasteiger partial charge on any atom is 0.208 e. The summed E-state index contributed by atoms with van der Waals surface area (Å²) in [6, 6.07) is 0.333. The van der Waals surface area contributed by atoms with Crippen LogP contribution in [0.4, 0.5) is 0 Å². The second kappa shape index (κ2) is 9.80. The summed E-state index contributed by atoms with van der Waals surface area (Å²) in [5.74, 6) is 5.36. The molecule has 1 atom stereocenters. The van der Waals surface area contributed by atoms with Gasteiger partial charge in [-0.2, -0.15) is 5.10 Å². The molecule has 2 aromatic heterocycles. The Morgan fingerprint density at radius 3 is 2.68 bits per heavy atom. The van der Waals surface area contributed by atoms with Crippen LogP contribution in [0.25, 0.3) is 0 Å². The highest BCUT2D eigenvalue weighted by Crippen LogP contribution is 2.19. The molecule has 2 aliphatic heterocycles. The smallest absolute Gasteiger partial charge is 0.208 e. The average molecular weight is 429 g/mol. The van der Waals surface area contributed by atoms with E-state index in [1.165, 1.54) is 12.8 Å². The number of nitrogens with one attached hydrogen (secondary N) is 2. The predicted molar refractivity (Wildman–Crippen MR) is 120 cm³/mol. The normalized spacial score (nSPS) is 20.6. The number of likely N-dealkylation sites (tertiary alicyclic amines) is 1. The van der Waals surface area contributed by atoms with Gasteiger partial charge in [-0.3, -0.25) is 9.89 Å². The van der Waals surface area contributed by atoms with Crippen molar-refractivity contribution < 1.29 is 4.42 Å². The molecule has 9 nitrogen and oxygen atoms in total. The minimum absolute atomic E-state index is 0.333. The van der Waals surface area contributed by atoms with E-state index >= 15 is 0 Å². The number of aryl methyl sites for hydroxylation is 4. The van der Waals surface area contributed by atoms with Gasteiger partial charge in [0, 0.05) is 32.5 Å². The zero-order valence-corrected chi connectivity index (χ0v) is 19.3. The number of aromatic nitrogens is 4. The number of nitrogens with zero attached hydrogens (tertiary/aromatic N) is 6. The molecular formula is C22H36N8O. The van der Waals surface area contributed by atoms with Crippen LogP contribution in [-0.4, -0.2) is 63.3 Å². The Hall–Kier alpha value is -2.42. The molecule has 4 heterocycles. The van der Waals surface area contributed by atoms with Crippen molar-refractivity contribution in [3.63, 3.8) is 0 Å². The summed E-state index contributed by atoms with van der Waals surface area (Å²) in [5.41, 5.74) is 0.997. The molecule has 0 spiro atoms. The molecule has 0 aliphatic carbocycles. The first-order chi connectivity index (χ1) is 15.0. The highest BCUT2D eigenvalue weighted by Gasteiger charge is 2.24. The van der Waals surface area contributed by atoms with Gasteiger partial charge in [0.05, 0.1) is 18.8 Å². The average Bonchev–Trinajstić information content (AvgIpc) is 3.33. The van der Waals surface area contributed by atoms with Crippen LogP contribution in [0, 0.1) is 19.8 Å². The molecule has 2 N–H and O–H groups in total. The van der Waals surface area contributed by atoms with E-state index in [-0.39, 0.29) is 0 Å². The molecule has 1 saturated heterocycles. The van der Waals surface area contributed by atoms with E-state index in [0.29, 0.717) is 12.0 Å². The lowest BCUT2D eigenvalue weighted by Gasteiger charge is -2.32. The first kappa shape index (κ1) is 21.8. The fraction of sp³-hybridized carbons (Fsp3) is 0.727. The summed E-state index contributed by atoms with van der Waals surface area (Å²) in [7, 11) is 1.84. The molecule has 0 saturated carbocycles. The van der Waals surface area contributed by atoms with Gasteiger partial charge in [-0.25, -0.2) is 14.6 Å². The first-order valence-corrected chi connectivity index (χ1v) is 11.6. The van der Waals surface area contributed by atoms with Gasteiger partial charge in [0.25, 0.3) is 0 Å². The van der Waals surface area contributed by atoms with E-state index in [0.717, 1.165) is 86.9 Å². The number of oxazole rings is 1. The quantitative estimate of drug-likeness (QED) is 0.535. The second-order valence-corrected chi connectivity index (χ2v) is 8.78. The van der Waals surface area contributed by atoms with Crippen LogP contribution < -0.4 is 10.6 Å². The maximum atomic E-state index is 5.74. The molecule has 0 amide bonds. The van der Waals surface area contributed by atoms with E-state index < -0.39 is 0 Å².